The summed E-state index contributed by atoms with van der Waals surface area (Å²) in [5.41, 5.74) is 4.95. The lowest BCUT2D eigenvalue weighted by atomic mass is 9.97. The van der Waals surface area contributed by atoms with Crippen molar-refractivity contribution in [1.29, 1.82) is 0 Å². The predicted octanol–water partition coefficient (Wildman–Crippen LogP) is 8.07. The van der Waals surface area contributed by atoms with Crippen molar-refractivity contribution in [1.82, 2.24) is 34.6 Å². The lowest BCUT2D eigenvalue weighted by molar-refractivity contribution is -0.137. The molecule has 13 heteroatoms. The van der Waals surface area contributed by atoms with E-state index in [9.17, 15) is 14.4 Å². The van der Waals surface area contributed by atoms with E-state index in [1.165, 1.54) is 0 Å². The molecule has 5 aromatic rings. The van der Waals surface area contributed by atoms with Gasteiger partial charge in [0.25, 0.3) is 5.91 Å². The quantitative estimate of drug-likeness (QED) is 0.165. The molecule has 55 heavy (non-hydrogen) atoms. The Morgan fingerprint density at radius 2 is 1.67 bits per heavy atom. The standard InChI is InChI=1S/C42H44Cl3N7O3/c1-25(31-13-11-28(43)20-33(31)45)52-24-46-39(27-8-4-3-5-9-27)41(52)38-32-14-12-29(44)21-34(32)47-40(38)42(55)48-35-22-50(26(2)53)23-36(35)49-18-15-30(16-19-49)51-17-7-6-10-37(51)54/h3-5,8-9,11-14,20-21,24-25,30,35-36,47H,6-7,10,15-19,22-23H2,1-2H3,(H,48,55)/t25?,35-,36?/m0/s1. The maximum atomic E-state index is 14.9. The second-order valence-corrected chi connectivity index (χ2v) is 16.3. The van der Waals surface area contributed by atoms with Crippen molar-refractivity contribution in [3.05, 3.63) is 99.4 Å². The van der Waals surface area contributed by atoms with Crippen LogP contribution < -0.4 is 5.32 Å². The number of rotatable bonds is 8. The van der Waals surface area contributed by atoms with E-state index in [0.29, 0.717) is 57.0 Å². The molecule has 10 nitrogen and oxygen atoms in total. The third kappa shape index (κ3) is 7.37. The number of carbonyl (C=O) groups excluding carboxylic acids is 3. The first-order valence-electron chi connectivity index (χ1n) is 19.1. The van der Waals surface area contributed by atoms with Crippen molar-refractivity contribution >= 4 is 63.4 Å². The smallest absolute Gasteiger partial charge is 0.268 e. The van der Waals surface area contributed by atoms with Gasteiger partial charge in [-0.2, -0.15) is 0 Å². The number of piperidine rings is 2. The molecule has 0 bridgehead atoms. The summed E-state index contributed by atoms with van der Waals surface area (Å²) in [6.07, 6.45) is 6.20. The van der Waals surface area contributed by atoms with Gasteiger partial charge in [-0.15, -0.1) is 0 Å². The van der Waals surface area contributed by atoms with Crippen LogP contribution in [0.4, 0.5) is 0 Å². The lowest BCUT2D eigenvalue weighted by Gasteiger charge is -2.42. The molecule has 0 saturated carbocycles. The van der Waals surface area contributed by atoms with Gasteiger partial charge in [-0.3, -0.25) is 19.3 Å². The minimum absolute atomic E-state index is 0.0252. The fourth-order valence-electron chi connectivity index (χ4n) is 8.82. The number of amides is 3. The number of aromatic amines is 1. The van der Waals surface area contributed by atoms with Gasteiger partial charge < -0.3 is 24.7 Å². The van der Waals surface area contributed by atoms with Gasteiger partial charge in [0.05, 0.1) is 29.8 Å². The van der Waals surface area contributed by atoms with E-state index < -0.39 is 0 Å². The summed E-state index contributed by atoms with van der Waals surface area (Å²) >= 11 is 19.6. The zero-order valence-electron chi connectivity index (χ0n) is 30.9. The Balaban J connectivity index is 1.17. The summed E-state index contributed by atoms with van der Waals surface area (Å²) < 4.78 is 2.05. The minimum Gasteiger partial charge on any atom is -0.350 e. The predicted molar refractivity (Wildman–Crippen MR) is 218 cm³/mol. The highest BCUT2D eigenvalue weighted by Gasteiger charge is 2.41. The summed E-state index contributed by atoms with van der Waals surface area (Å²) in [5, 5.41) is 5.79. The van der Waals surface area contributed by atoms with Gasteiger partial charge in [0.15, 0.2) is 0 Å². The third-order valence-electron chi connectivity index (χ3n) is 11.7. The van der Waals surface area contributed by atoms with E-state index >= 15 is 0 Å². The molecule has 3 aliphatic heterocycles. The first-order chi connectivity index (χ1) is 26.6. The second-order valence-electron chi connectivity index (χ2n) is 15.0. The van der Waals surface area contributed by atoms with E-state index in [-0.39, 0.29) is 41.9 Å². The fraction of sp³-hybridized carbons (Fsp3) is 0.381. The van der Waals surface area contributed by atoms with Crippen LogP contribution >= 0.6 is 34.8 Å². The monoisotopic (exact) mass is 799 g/mol. The number of halogens is 3. The van der Waals surface area contributed by atoms with Crippen molar-refractivity contribution < 1.29 is 14.4 Å². The average molecular weight is 801 g/mol. The Morgan fingerprint density at radius 3 is 2.40 bits per heavy atom. The number of carbonyl (C=O) groups is 3. The molecule has 0 spiro atoms. The molecule has 5 heterocycles. The van der Waals surface area contributed by atoms with Gasteiger partial charge in [-0.1, -0.05) is 77.3 Å². The SMILES string of the molecule is CC(=O)N1CC(N2CCC(N3CCCCC3=O)CC2)[C@@H](NC(=O)c2[nH]c3cc(Cl)ccc3c2-c2c(-c3ccccc3)ncn2C(C)c2ccc(Cl)cc2Cl)C1. The van der Waals surface area contributed by atoms with Crippen LogP contribution in [0.1, 0.15) is 68.0 Å². The minimum atomic E-state index is -0.322. The molecule has 3 aliphatic rings. The van der Waals surface area contributed by atoms with Crippen molar-refractivity contribution in [3.63, 3.8) is 0 Å². The molecular formula is C42H44Cl3N7O3. The summed E-state index contributed by atoms with van der Waals surface area (Å²) in [5.74, 6) is -0.0560. The molecule has 3 aromatic carbocycles. The topological polar surface area (TPSA) is 107 Å². The molecule has 0 aliphatic carbocycles. The second kappa shape index (κ2) is 15.7. The molecule has 8 rings (SSSR count). The van der Waals surface area contributed by atoms with Crippen LogP contribution in [-0.2, 0) is 9.59 Å². The van der Waals surface area contributed by atoms with Crippen LogP contribution in [0.5, 0.6) is 0 Å². The Bertz CT molecular complexity index is 2250. The highest BCUT2D eigenvalue weighted by Crippen LogP contribution is 2.42. The van der Waals surface area contributed by atoms with Crippen LogP contribution in [0.15, 0.2) is 73.1 Å². The largest absolute Gasteiger partial charge is 0.350 e. The number of hydrogen-bond acceptors (Lipinski definition) is 5. The number of nitrogens with one attached hydrogen (secondary N) is 2. The first-order valence-corrected chi connectivity index (χ1v) is 20.2. The van der Waals surface area contributed by atoms with Crippen molar-refractivity contribution in [2.24, 2.45) is 0 Å². The zero-order valence-corrected chi connectivity index (χ0v) is 33.2. The third-order valence-corrected chi connectivity index (χ3v) is 12.5. The first kappa shape index (κ1) is 37.6. The van der Waals surface area contributed by atoms with Crippen LogP contribution in [0.3, 0.4) is 0 Å². The molecule has 286 valence electrons. The number of likely N-dealkylation sites (tertiary alicyclic amines) is 3. The zero-order chi connectivity index (χ0) is 38.4. The Hall–Kier alpha value is -4.35. The Morgan fingerprint density at radius 1 is 0.927 bits per heavy atom. The number of H-pyrrole nitrogens is 1. The number of imidazole rings is 1. The molecule has 2 aromatic heterocycles. The number of aromatic nitrogens is 3. The Labute approximate surface area is 335 Å². The number of fused-ring (bicyclic) bond motifs is 1. The van der Waals surface area contributed by atoms with Crippen molar-refractivity contribution in [2.75, 3.05) is 32.7 Å². The van der Waals surface area contributed by atoms with E-state index in [1.807, 2.05) is 72.5 Å². The molecule has 0 radical (unpaired) electrons. The van der Waals surface area contributed by atoms with E-state index in [1.54, 1.807) is 19.3 Å². The average Bonchev–Trinajstić information content (AvgIpc) is 3.90. The van der Waals surface area contributed by atoms with E-state index in [4.69, 9.17) is 39.8 Å². The maximum Gasteiger partial charge on any atom is 0.268 e. The number of hydrogen-bond donors (Lipinski definition) is 2. The highest BCUT2D eigenvalue weighted by molar-refractivity contribution is 6.35. The summed E-state index contributed by atoms with van der Waals surface area (Å²) in [6.45, 7) is 6.96. The van der Waals surface area contributed by atoms with Crippen LogP contribution in [0.2, 0.25) is 15.1 Å². The lowest BCUT2D eigenvalue weighted by Crippen LogP contribution is -2.56. The van der Waals surface area contributed by atoms with E-state index in [2.05, 4.69) is 24.7 Å². The van der Waals surface area contributed by atoms with Gasteiger partial charge in [-0.25, -0.2) is 4.98 Å². The molecule has 2 unspecified atom stereocenters. The summed E-state index contributed by atoms with van der Waals surface area (Å²) in [6, 6.07) is 20.5. The van der Waals surface area contributed by atoms with Crippen LogP contribution in [-0.4, -0.2) is 97.8 Å². The van der Waals surface area contributed by atoms with Crippen molar-refractivity contribution in [3.8, 4) is 22.5 Å². The van der Waals surface area contributed by atoms with Gasteiger partial charge >= 0.3 is 0 Å². The number of nitrogens with zero attached hydrogens (tertiary/aromatic N) is 5. The number of benzene rings is 3. The molecule has 3 atom stereocenters. The van der Waals surface area contributed by atoms with Gasteiger partial charge in [0.1, 0.15) is 5.69 Å². The van der Waals surface area contributed by atoms with Gasteiger partial charge in [0, 0.05) is 95.2 Å². The molecular weight excluding hydrogens is 757 g/mol. The highest BCUT2D eigenvalue weighted by atomic mass is 35.5. The maximum absolute atomic E-state index is 14.9. The molecule has 3 amide bonds. The van der Waals surface area contributed by atoms with Gasteiger partial charge in [0.2, 0.25) is 11.8 Å². The Kier molecular flexibility index (Phi) is 10.7. The fourth-order valence-corrected chi connectivity index (χ4v) is 9.56. The van der Waals surface area contributed by atoms with Crippen LogP contribution in [0, 0.1) is 0 Å². The normalized spacial score (nSPS) is 20.3. The molecule has 3 saturated heterocycles. The van der Waals surface area contributed by atoms with Crippen LogP contribution in [0.25, 0.3) is 33.4 Å². The van der Waals surface area contributed by atoms with Gasteiger partial charge in [-0.05, 0) is 62.4 Å². The molecule has 2 N–H and O–H groups in total. The van der Waals surface area contributed by atoms with E-state index in [0.717, 1.165) is 67.5 Å². The summed E-state index contributed by atoms with van der Waals surface area (Å²) in [7, 11) is 0. The van der Waals surface area contributed by atoms with Crippen molar-refractivity contribution in [2.45, 2.75) is 70.1 Å². The summed E-state index contributed by atoms with van der Waals surface area (Å²) in [4.78, 5) is 55.0. The molecule has 3 fully saturated rings.